The Kier molecular flexibility index (Phi) is 4.94. The lowest BCUT2D eigenvalue weighted by Crippen LogP contribution is -1.99. The van der Waals surface area contributed by atoms with Crippen LogP contribution in [0.15, 0.2) is 48.5 Å². The fourth-order valence-electron chi connectivity index (χ4n) is 2.32. The summed E-state index contributed by atoms with van der Waals surface area (Å²) >= 11 is 0. The van der Waals surface area contributed by atoms with E-state index in [-0.39, 0.29) is 0 Å². The standard InChI is InChI=1S/C18H20O2/c1-3-15(19)13-12-14-8-4-5-9-16(14)17-10-6-7-11-18(17)20-2/h4-11H,3,12-13H2,1-2H3. The number of Topliss-reactive ketones (excluding diaryl/α,β-unsaturated/α-hetero) is 1. The molecule has 0 heterocycles. The van der Waals surface area contributed by atoms with Gasteiger partial charge in [0.1, 0.15) is 11.5 Å². The van der Waals surface area contributed by atoms with Crippen molar-refractivity contribution in [1.29, 1.82) is 0 Å². The number of methoxy groups -OCH3 is 1. The molecular weight excluding hydrogens is 248 g/mol. The van der Waals surface area contributed by atoms with Crippen LogP contribution in [-0.2, 0) is 11.2 Å². The minimum atomic E-state index is 0.305. The molecule has 20 heavy (non-hydrogen) atoms. The van der Waals surface area contributed by atoms with Crippen LogP contribution in [0.5, 0.6) is 5.75 Å². The van der Waals surface area contributed by atoms with Gasteiger partial charge in [-0.1, -0.05) is 49.4 Å². The third-order valence-electron chi connectivity index (χ3n) is 3.48. The van der Waals surface area contributed by atoms with Crippen LogP contribution < -0.4 is 4.74 Å². The Morgan fingerprint density at radius 3 is 2.35 bits per heavy atom. The zero-order valence-electron chi connectivity index (χ0n) is 12.1. The van der Waals surface area contributed by atoms with Crippen molar-refractivity contribution in [2.75, 3.05) is 7.11 Å². The molecule has 2 nitrogen and oxygen atoms in total. The number of carbonyl (C=O) groups excluding carboxylic acids is 1. The summed E-state index contributed by atoms with van der Waals surface area (Å²) in [7, 11) is 1.68. The van der Waals surface area contributed by atoms with Crippen LogP contribution in [0, 0.1) is 0 Å². The number of para-hydroxylation sites is 1. The number of rotatable bonds is 6. The fourth-order valence-corrected chi connectivity index (χ4v) is 2.32. The third-order valence-corrected chi connectivity index (χ3v) is 3.48. The highest BCUT2D eigenvalue weighted by Crippen LogP contribution is 2.32. The highest BCUT2D eigenvalue weighted by molar-refractivity contribution is 5.79. The van der Waals surface area contributed by atoms with Crippen LogP contribution >= 0.6 is 0 Å². The smallest absolute Gasteiger partial charge is 0.132 e. The quantitative estimate of drug-likeness (QED) is 0.782. The van der Waals surface area contributed by atoms with E-state index in [2.05, 4.69) is 18.2 Å². The molecule has 0 aliphatic carbocycles. The van der Waals surface area contributed by atoms with Crippen LogP contribution in [0.2, 0.25) is 0 Å². The maximum absolute atomic E-state index is 11.5. The molecule has 0 aliphatic heterocycles. The minimum Gasteiger partial charge on any atom is -0.496 e. The fraction of sp³-hybridized carbons (Fsp3) is 0.278. The highest BCUT2D eigenvalue weighted by Gasteiger charge is 2.10. The first-order valence-corrected chi connectivity index (χ1v) is 6.99. The predicted octanol–water partition coefficient (Wildman–Crippen LogP) is 4.27. The molecule has 2 rings (SSSR count). The number of ketones is 1. The van der Waals surface area contributed by atoms with Crippen molar-refractivity contribution in [2.45, 2.75) is 26.2 Å². The molecule has 2 heteroatoms. The molecule has 0 saturated heterocycles. The van der Waals surface area contributed by atoms with E-state index in [4.69, 9.17) is 4.74 Å². The molecular formula is C18H20O2. The molecule has 0 spiro atoms. The van der Waals surface area contributed by atoms with Crippen molar-refractivity contribution >= 4 is 5.78 Å². The third kappa shape index (κ3) is 3.27. The summed E-state index contributed by atoms with van der Waals surface area (Å²) in [4.78, 5) is 11.5. The van der Waals surface area contributed by atoms with E-state index in [0.29, 0.717) is 18.6 Å². The van der Waals surface area contributed by atoms with Crippen LogP contribution in [0.3, 0.4) is 0 Å². The molecule has 0 atom stereocenters. The second kappa shape index (κ2) is 6.90. The summed E-state index contributed by atoms with van der Waals surface area (Å²) in [6, 6.07) is 16.2. The second-order valence-corrected chi connectivity index (χ2v) is 4.75. The average molecular weight is 268 g/mol. The van der Waals surface area contributed by atoms with E-state index in [1.165, 1.54) is 5.56 Å². The highest BCUT2D eigenvalue weighted by atomic mass is 16.5. The van der Waals surface area contributed by atoms with Crippen molar-refractivity contribution in [3.8, 4) is 16.9 Å². The molecule has 2 aromatic carbocycles. The largest absolute Gasteiger partial charge is 0.496 e. The first-order chi connectivity index (χ1) is 9.76. The van der Waals surface area contributed by atoms with Gasteiger partial charge in [-0.25, -0.2) is 0 Å². The number of hydrogen-bond donors (Lipinski definition) is 0. The van der Waals surface area contributed by atoms with Gasteiger partial charge in [0.2, 0.25) is 0 Å². The summed E-state index contributed by atoms with van der Waals surface area (Å²) < 4.78 is 5.43. The Hall–Kier alpha value is -2.09. The van der Waals surface area contributed by atoms with Crippen molar-refractivity contribution in [3.05, 3.63) is 54.1 Å². The van der Waals surface area contributed by atoms with Gasteiger partial charge in [-0.3, -0.25) is 4.79 Å². The number of carbonyl (C=O) groups is 1. The minimum absolute atomic E-state index is 0.305. The predicted molar refractivity (Wildman–Crippen MR) is 82.0 cm³/mol. The van der Waals surface area contributed by atoms with Crippen LogP contribution in [0.4, 0.5) is 0 Å². The van der Waals surface area contributed by atoms with Gasteiger partial charge < -0.3 is 4.74 Å². The SMILES string of the molecule is CCC(=O)CCc1ccccc1-c1ccccc1OC. The number of aryl methyl sites for hydroxylation is 1. The van der Waals surface area contributed by atoms with Gasteiger partial charge in [-0.2, -0.15) is 0 Å². The zero-order valence-corrected chi connectivity index (χ0v) is 12.1. The molecule has 0 N–H and O–H groups in total. The molecule has 0 saturated carbocycles. The van der Waals surface area contributed by atoms with Gasteiger partial charge in [-0.15, -0.1) is 0 Å². The van der Waals surface area contributed by atoms with Crippen LogP contribution in [0.25, 0.3) is 11.1 Å². The number of hydrogen-bond acceptors (Lipinski definition) is 2. The van der Waals surface area contributed by atoms with Gasteiger partial charge >= 0.3 is 0 Å². The van der Waals surface area contributed by atoms with Crippen molar-refractivity contribution < 1.29 is 9.53 Å². The lowest BCUT2D eigenvalue weighted by molar-refractivity contribution is -0.118. The monoisotopic (exact) mass is 268 g/mol. The summed E-state index contributed by atoms with van der Waals surface area (Å²) in [6.07, 6.45) is 1.99. The Labute approximate surface area is 120 Å². The van der Waals surface area contributed by atoms with Gasteiger partial charge in [0.05, 0.1) is 7.11 Å². The Morgan fingerprint density at radius 1 is 1.00 bits per heavy atom. The van der Waals surface area contributed by atoms with Crippen molar-refractivity contribution in [2.24, 2.45) is 0 Å². The van der Waals surface area contributed by atoms with E-state index in [1.54, 1.807) is 7.11 Å². The van der Waals surface area contributed by atoms with Gasteiger partial charge in [0, 0.05) is 18.4 Å². The topological polar surface area (TPSA) is 26.3 Å². The summed E-state index contributed by atoms with van der Waals surface area (Å²) in [5.74, 6) is 1.17. The van der Waals surface area contributed by atoms with Gasteiger partial charge in [0.15, 0.2) is 0 Å². The molecule has 0 radical (unpaired) electrons. The zero-order chi connectivity index (χ0) is 14.4. The van der Waals surface area contributed by atoms with Crippen LogP contribution in [-0.4, -0.2) is 12.9 Å². The molecule has 0 aliphatic rings. The summed E-state index contributed by atoms with van der Waals surface area (Å²) in [6.45, 7) is 1.91. The first kappa shape index (κ1) is 14.3. The molecule has 0 unspecified atom stereocenters. The van der Waals surface area contributed by atoms with E-state index < -0.39 is 0 Å². The van der Waals surface area contributed by atoms with Crippen molar-refractivity contribution in [1.82, 2.24) is 0 Å². The van der Waals surface area contributed by atoms with E-state index in [9.17, 15) is 4.79 Å². The number of ether oxygens (including phenoxy) is 1. The molecule has 2 aromatic rings. The molecule has 0 bridgehead atoms. The van der Waals surface area contributed by atoms with Crippen molar-refractivity contribution in [3.63, 3.8) is 0 Å². The first-order valence-electron chi connectivity index (χ1n) is 6.99. The summed E-state index contributed by atoms with van der Waals surface area (Å²) in [5, 5.41) is 0. The number of benzene rings is 2. The normalized spacial score (nSPS) is 10.3. The lowest BCUT2D eigenvalue weighted by atomic mass is 9.95. The van der Waals surface area contributed by atoms with Crippen LogP contribution in [0.1, 0.15) is 25.3 Å². The average Bonchev–Trinajstić information content (AvgIpc) is 2.52. The lowest BCUT2D eigenvalue weighted by Gasteiger charge is -2.12. The summed E-state index contributed by atoms with van der Waals surface area (Å²) in [5.41, 5.74) is 3.42. The molecule has 0 aromatic heterocycles. The molecule has 0 amide bonds. The maximum atomic E-state index is 11.5. The Morgan fingerprint density at radius 2 is 1.65 bits per heavy atom. The van der Waals surface area contributed by atoms with Gasteiger partial charge in [0.25, 0.3) is 0 Å². The molecule has 0 fully saturated rings. The maximum Gasteiger partial charge on any atom is 0.132 e. The van der Waals surface area contributed by atoms with E-state index >= 15 is 0 Å². The van der Waals surface area contributed by atoms with Gasteiger partial charge in [-0.05, 0) is 23.6 Å². The van der Waals surface area contributed by atoms with E-state index in [0.717, 1.165) is 23.3 Å². The Bertz CT molecular complexity index is 587. The second-order valence-electron chi connectivity index (χ2n) is 4.75. The Balaban J connectivity index is 2.34. The van der Waals surface area contributed by atoms with E-state index in [1.807, 2.05) is 37.3 Å². The molecule has 104 valence electrons.